The van der Waals surface area contributed by atoms with Gasteiger partial charge in [-0.05, 0) is 30.0 Å². The highest BCUT2D eigenvalue weighted by molar-refractivity contribution is 5.77. The minimum absolute atomic E-state index is 0.0766. The van der Waals surface area contributed by atoms with E-state index in [1.807, 2.05) is 7.05 Å². The van der Waals surface area contributed by atoms with Gasteiger partial charge in [-0.3, -0.25) is 14.8 Å². The summed E-state index contributed by atoms with van der Waals surface area (Å²) in [6.45, 7) is 4.35. The van der Waals surface area contributed by atoms with E-state index in [1.54, 1.807) is 16.8 Å². The molecule has 0 saturated carbocycles. The Morgan fingerprint density at radius 1 is 1.27 bits per heavy atom. The number of nitro groups is 1. The maximum atomic E-state index is 10.8. The Morgan fingerprint density at radius 3 is 2.36 bits per heavy atom. The molecule has 6 heteroatoms. The van der Waals surface area contributed by atoms with Crippen LogP contribution in [0.3, 0.4) is 0 Å². The van der Waals surface area contributed by atoms with E-state index in [1.165, 1.54) is 12.1 Å². The lowest BCUT2D eigenvalue weighted by atomic mass is 9.94. The third kappa shape index (κ3) is 3.10. The number of aromatic nitrogens is 2. The van der Waals surface area contributed by atoms with E-state index < -0.39 is 4.92 Å². The molecule has 0 bridgehead atoms. The Hall–Kier alpha value is -2.37. The first kappa shape index (κ1) is 16.0. The first-order valence-electron chi connectivity index (χ1n) is 7.54. The van der Waals surface area contributed by atoms with Crippen molar-refractivity contribution in [2.45, 2.75) is 33.1 Å². The molecule has 2 aromatic rings. The monoisotopic (exact) mass is 302 g/mol. The van der Waals surface area contributed by atoms with Crippen molar-refractivity contribution in [3.8, 4) is 11.1 Å². The molecule has 0 atom stereocenters. The first-order chi connectivity index (χ1) is 10.5. The van der Waals surface area contributed by atoms with Gasteiger partial charge in [0.15, 0.2) is 0 Å². The molecule has 0 spiro atoms. The number of nitrogen functional groups attached to an aromatic ring is 1. The summed E-state index contributed by atoms with van der Waals surface area (Å²) in [6, 6.07) is 6.48. The lowest BCUT2D eigenvalue weighted by Crippen LogP contribution is -2.04. The quantitative estimate of drug-likeness (QED) is 0.653. The van der Waals surface area contributed by atoms with Crippen LogP contribution in [0.15, 0.2) is 24.3 Å². The third-order valence-corrected chi connectivity index (χ3v) is 4.17. The molecule has 0 saturated heterocycles. The Balaban J connectivity index is 2.42. The van der Waals surface area contributed by atoms with Crippen LogP contribution in [0.5, 0.6) is 0 Å². The minimum Gasteiger partial charge on any atom is -0.383 e. The van der Waals surface area contributed by atoms with Gasteiger partial charge in [-0.25, -0.2) is 0 Å². The van der Waals surface area contributed by atoms with E-state index in [9.17, 15) is 10.1 Å². The van der Waals surface area contributed by atoms with Gasteiger partial charge in [-0.1, -0.05) is 26.7 Å². The van der Waals surface area contributed by atoms with Gasteiger partial charge in [0.2, 0.25) is 0 Å². The molecule has 118 valence electrons. The highest BCUT2D eigenvalue weighted by Crippen LogP contribution is 2.32. The van der Waals surface area contributed by atoms with E-state index >= 15 is 0 Å². The van der Waals surface area contributed by atoms with E-state index in [2.05, 4.69) is 18.9 Å². The number of aryl methyl sites for hydroxylation is 1. The van der Waals surface area contributed by atoms with E-state index in [4.69, 9.17) is 5.73 Å². The molecule has 22 heavy (non-hydrogen) atoms. The molecule has 0 aliphatic heterocycles. The van der Waals surface area contributed by atoms with Crippen LogP contribution in [-0.4, -0.2) is 14.7 Å². The van der Waals surface area contributed by atoms with Gasteiger partial charge in [-0.2, -0.15) is 5.10 Å². The van der Waals surface area contributed by atoms with Gasteiger partial charge in [-0.15, -0.1) is 0 Å². The molecular weight excluding hydrogens is 280 g/mol. The second-order valence-corrected chi connectivity index (χ2v) is 5.52. The van der Waals surface area contributed by atoms with Crippen molar-refractivity contribution in [3.63, 3.8) is 0 Å². The van der Waals surface area contributed by atoms with Gasteiger partial charge >= 0.3 is 0 Å². The standard InChI is InChI=1S/C16H22N4O2/c1-4-11(5-2)10-14-15(16(17)19(3)18-14)12-6-8-13(9-7-12)20(21)22/h6-9,11H,4-5,10,17H2,1-3H3. The second-order valence-electron chi connectivity index (χ2n) is 5.52. The van der Waals surface area contributed by atoms with Crippen molar-refractivity contribution in [2.75, 3.05) is 5.73 Å². The SMILES string of the molecule is CCC(CC)Cc1nn(C)c(N)c1-c1ccc([N+](=O)[O-])cc1. The number of hydrogen-bond acceptors (Lipinski definition) is 4. The van der Waals surface area contributed by atoms with Gasteiger partial charge in [0.1, 0.15) is 5.82 Å². The molecule has 1 heterocycles. The van der Waals surface area contributed by atoms with Crippen LogP contribution in [0.4, 0.5) is 11.5 Å². The molecule has 2 rings (SSSR count). The van der Waals surface area contributed by atoms with Crippen LogP contribution >= 0.6 is 0 Å². The number of non-ortho nitro benzene ring substituents is 1. The van der Waals surface area contributed by atoms with E-state index in [0.29, 0.717) is 11.7 Å². The van der Waals surface area contributed by atoms with Crippen molar-refractivity contribution < 1.29 is 4.92 Å². The predicted molar refractivity (Wildman–Crippen MR) is 87.5 cm³/mol. The fraction of sp³-hybridized carbons (Fsp3) is 0.438. The summed E-state index contributed by atoms with van der Waals surface area (Å²) in [7, 11) is 1.82. The minimum atomic E-state index is -0.401. The normalized spacial score (nSPS) is 11.1. The van der Waals surface area contributed by atoms with Crippen molar-refractivity contribution in [3.05, 3.63) is 40.1 Å². The maximum Gasteiger partial charge on any atom is 0.269 e. The number of hydrogen-bond donors (Lipinski definition) is 1. The topological polar surface area (TPSA) is 87.0 Å². The lowest BCUT2D eigenvalue weighted by Gasteiger charge is -2.11. The molecule has 2 N–H and O–H groups in total. The average molecular weight is 302 g/mol. The smallest absolute Gasteiger partial charge is 0.269 e. The van der Waals surface area contributed by atoms with Gasteiger partial charge < -0.3 is 5.73 Å². The van der Waals surface area contributed by atoms with Crippen molar-refractivity contribution in [2.24, 2.45) is 13.0 Å². The molecule has 1 aromatic carbocycles. The van der Waals surface area contributed by atoms with E-state index in [0.717, 1.165) is 36.1 Å². The maximum absolute atomic E-state index is 10.8. The number of anilines is 1. The predicted octanol–water partition coefficient (Wildman–Crippen LogP) is 3.56. The highest BCUT2D eigenvalue weighted by Gasteiger charge is 2.19. The van der Waals surface area contributed by atoms with Crippen molar-refractivity contribution in [1.82, 2.24) is 9.78 Å². The summed E-state index contributed by atoms with van der Waals surface area (Å²) in [5.74, 6) is 1.15. The second kappa shape index (κ2) is 6.60. The molecule has 0 aliphatic rings. The van der Waals surface area contributed by atoms with Gasteiger partial charge in [0.05, 0.1) is 10.6 Å². The van der Waals surface area contributed by atoms with Crippen LogP contribution < -0.4 is 5.73 Å². The molecule has 1 aromatic heterocycles. The Morgan fingerprint density at radius 2 is 1.86 bits per heavy atom. The fourth-order valence-electron chi connectivity index (χ4n) is 2.65. The highest BCUT2D eigenvalue weighted by atomic mass is 16.6. The zero-order valence-electron chi connectivity index (χ0n) is 13.2. The van der Waals surface area contributed by atoms with Crippen LogP contribution in [0, 0.1) is 16.0 Å². The van der Waals surface area contributed by atoms with E-state index in [-0.39, 0.29) is 5.69 Å². The Kier molecular flexibility index (Phi) is 4.80. The molecule has 6 nitrogen and oxygen atoms in total. The summed E-state index contributed by atoms with van der Waals surface area (Å²) in [6.07, 6.45) is 3.05. The van der Waals surface area contributed by atoms with Gasteiger partial charge in [0, 0.05) is 24.7 Å². The molecule has 0 amide bonds. The summed E-state index contributed by atoms with van der Waals surface area (Å²) in [4.78, 5) is 10.4. The fourth-order valence-corrected chi connectivity index (χ4v) is 2.65. The summed E-state index contributed by atoms with van der Waals surface area (Å²) in [5, 5.41) is 15.3. The van der Waals surface area contributed by atoms with Crippen molar-refractivity contribution >= 4 is 11.5 Å². The number of benzene rings is 1. The van der Waals surface area contributed by atoms with Crippen LogP contribution in [0.25, 0.3) is 11.1 Å². The zero-order valence-corrected chi connectivity index (χ0v) is 13.2. The van der Waals surface area contributed by atoms with Crippen molar-refractivity contribution in [1.29, 1.82) is 0 Å². The lowest BCUT2D eigenvalue weighted by molar-refractivity contribution is -0.384. The first-order valence-corrected chi connectivity index (χ1v) is 7.54. The molecule has 0 radical (unpaired) electrons. The molecule has 0 aliphatic carbocycles. The average Bonchev–Trinajstić information content (AvgIpc) is 2.79. The van der Waals surface area contributed by atoms with Gasteiger partial charge in [0.25, 0.3) is 5.69 Å². The third-order valence-electron chi connectivity index (χ3n) is 4.17. The molecule has 0 fully saturated rings. The summed E-state index contributed by atoms with van der Waals surface area (Å²) >= 11 is 0. The number of nitrogens with zero attached hydrogens (tertiary/aromatic N) is 3. The van der Waals surface area contributed by atoms with Crippen LogP contribution in [-0.2, 0) is 13.5 Å². The van der Waals surface area contributed by atoms with Crippen LogP contribution in [0.2, 0.25) is 0 Å². The summed E-state index contributed by atoms with van der Waals surface area (Å²) < 4.78 is 1.68. The summed E-state index contributed by atoms with van der Waals surface area (Å²) in [5.41, 5.74) is 8.96. The number of nitrogens with two attached hydrogens (primary N) is 1. The zero-order chi connectivity index (χ0) is 16.3. The molecule has 0 unspecified atom stereocenters. The Bertz CT molecular complexity index is 658. The number of rotatable bonds is 6. The Labute approximate surface area is 130 Å². The molecular formula is C16H22N4O2. The van der Waals surface area contributed by atoms with Crippen LogP contribution in [0.1, 0.15) is 32.4 Å². The largest absolute Gasteiger partial charge is 0.383 e. The number of nitro benzene ring substituents is 1.